The number of piperidine rings is 1. The number of aliphatic carboxylic acids is 1. The number of carbonyl (C=O) groups is 2. The van der Waals surface area contributed by atoms with Gasteiger partial charge in [0, 0.05) is 19.6 Å². The Labute approximate surface area is 150 Å². The SMILES string of the molecule is O=C(O)C1CCCN(C(=O)NCCc2cc(Cl)c3c(c2)OCCO3)C1. The zero-order valence-corrected chi connectivity index (χ0v) is 14.6. The number of amides is 2. The molecule has 2 heterocycles. The van der Waals surface area contributed by atoms with Crippen molar-refractivity contribution in [2.24, 2.45) is 5.92 Å². The number of carbonyl (C=O) groups excluding carboxylic acids is 1. The lowest BCUT2D eigenvalue weighted by molar-refractivity contribution is -0.143. The van der Waals surface area contributed by atoms with Crippen LogP contribution in [0.25, 0.3) is 0 Å². The first-order chi connectivity index (χ1) is 12.0. The molecule has 0 spiro atoms. The highest BCUT2D eigenvalue weighted by Gasteiger charge is 2.27. The molecule has 1 unspecified atom stereocenters. The zero-order chi connectivity index (χ0) is 17.8. The topological polar surface area (TPSA) is 88.1 Å². The van der Waals surface area contributed by atoms with Crippen molar-refractivity contribution < 1.29 is 24.2 Å². The third-order valence-electron chi connectivity index (χ3n) is 4.40. The van der Waals surface area contributed by atoms with Gasteiger partial charge in [-0.2, -0.15) is 0 Å². The third-order valence-corrected chi connectivity index (χ3v) is 4.69. The average Bonchev–Trinajstić information content (AvgIpc) is 2.62. The summed E-state index contributed by atoms with van der Waals surface area (Å²) < 4.78 is 11.0. The van der Waals surface area contributed by atoms with Gasteiger partial charge in [0.15, 0.2) is 11.5 Å². The van der Waals surface area contributed by atoms with Crippen LogP contribution in [0.1, 0.15) is 18.4 Å². The van der Waals surface area contributed by atoms with Crippen molar-refractivity contribution in [2.45, 2.75) is 19.3 Å². The Morgan fingerprint density at radius 1 is 1.32 bits per heavy atom. The van der Waals surface area contributed by atoms with E-state index in [1.807, 2.05) is 12.1 Å². The van der Waals surface area contributed by atoms with E-state index in [4.69, 9.17) is 26.2 Å². The maximum absolute atomic E-state index is 12.2. The molecule has 25 heavy (non-hydrogen) atoms. The van der Waals surface area contributed by atoms with Crippen LogP contribution in [0.2, 0.25) is 5.02 Å². The molecule has 0 radical (unpaired) electrons. The number of nitrogens with one attached hydrogen (secondary N) is 1. The molecule has 0 saturated carbocycles. The van der Waals surface area contributed by atoms with E-state index < -0.39 is 11.9 Å². The Morgan fingerprint density at radius 2 is 2.12 bits per heavy atom. The molecule has 3 rings (SSSR count). The van der Waals surface area contributed by atoms with Crippen LogP contribution in [0, 0.1) is 5.92 Å². The van der Waals surface area contributed by atoms with Crippen molar-refractivity contribution in [3.05, 3.63) is 22.7 Å². The first-order valence-corrected chi connectivity index (χ1v) is 8.76. The summed E-state index contributed by atoms with van der Waals surface area (Å²) in [5.74, 6) is -0.131. The highest BCUT2D eigenvalue weighted by atomic mass is 35.5. The fourth-order valence-electron chi connectivity index (χ4n) is 3.10. The quantitative estimate of drug-likeness (QED) is 0.850. The van der Waals surface area contributed by atoms with Crippen molar-refractivity contribution in [3.63, 3.8) is 0 Å². The number of benzene rings is 1. The van der Waals surface area contributed by atoms with Crippen LogP contribution >= 0.6 is 11.6 Å². The summed E-state index contributed by atoms with van der Waals surface area (Å²) in [6.45, 7) is 2.25. The summed E-state index contributed by atoms with van der Waals surface area (Å²) in [4.78, 5) is 24.9. The van der Waals surface area contributed by atoms with Gasteiger partial charge in [-0.15, -0.1) is 0 Å². The maximum atomic E-state index is 12.2. The van der Waals surface area contributed by atoms with Crippen LogP contribution in [-0.4, -0.2) is 54.9 Å². The lowest BCUT2D eigenvalue weighted by atomic mass is 9.99. The molecule has 8 heteroatoms. The molecule has 2 aliphatic heterocycles. The number of carboxylic acid groups (broad SMARTS) is 1. The third kappa shape index (κ3) is 4.28. The van der Waals surface area contributed by atoms with Gasteiger partial charge in [0.2, 0.25) is 0 Å². The highest BCUT2D eigenvalue weighted by Crippen LogP contribution is 2.38. The molecule has 1 aromatic rings. The summed E-state index contributed by atoms with van der Waals surface area (Å²) >= 11 is 6.20. The smallest absolute Gasteiger partial charge is 0.317 e. The molecule has 136 valence electrons. The van der Waals surface area contributed by atoms with E-state index in [0.717, 1.165) is 5.56 Å². The van der Waals surface area contributed by atoms with Crippen molar-refractivity contribution in [1.82, 2.24) is 10.2 Å². The van der Waals surface area contributed by atoms with Crippen molar-refractivity contribution in [3.8, 4) is 11.5 Å². The minimum absolute atomic E-state index is 0.227. The molecular formula is C17H21ClN2O5. The molecule has 0 aromatic heterocycles. The van der Waals surface area contributed by atoms with Gasteiger partial charge in [-0.3, -0.25) is 4.79 Å². The number of hydrogen-bond donors (Lipinski definition) is 2. The molecule has 0 bridgehead atoms. The molecule has 2 aliphatic rings. The minimum Gasteiger partial charge on any atom is -0.486 e. The predicted octanol–water partition coefficient (Wildman–Crippen LogP) is 2.16. The van der Waals surface area contributed by atoms with Crippen LogP contribution in [-0.2, 0) is 11.2 Å². The Kier molecular flexibility index (Phi) is 5.53. The van der Waals surface area contributed by atoms with Crippen LogP contribution in [0.4, 0.5) is 4.79 Å². The molecule has 2 amide bonds. The fourth-order valence-corrected chi connectivity index (χ4v) is 3.39. The number of nitrogens with zero attached hydrogens (tertiary/aromatic N) is 1. The first kappa shape index (κ1) is 17.7. The van der Waals surface area contributed by atoms with Gasteiger partial charge in [0.1, 0.15) is 13.2 Å². The number of likely N-dealkylation sites (tertiary alicyclic amines) is 1. The Morgan fingerprint density at radius 3 is 2.92 bits per heavy atom. The van der Waals surface area contributed by atoms with Gasteiger partial charge in [-0.25, -0.2) is 4.79 Å². The molecule has 1 aromatic carbocycles. The van der Waals surface area contributed by atoms with Gasteiger partial charge in [0.25, 0.3) is 0 Å². The van der Waals surface area contributed by atoms with E-state index in [1.165, 1.54) is 0 Å². The van der Waals surface area contributed by atoms with Gasteiger partial charge in [0.05, 0.1) is 10.9 Å². The summed E-state index contributed by atoms with van der Waals surface area (Å²) in [5.41, 5.74) is 0.941. The molecule has 1 saturated heterocycles. The largest absolute Gasteiger partial charge is 0.486 e. The number of rotatable bonds is 4. The summed E-state index contributed by atoms with van der Waals surface area (Å²) in [7, 11) is 0. The monoisotopic (exact) mass is 368 g/mol. The first-order valence-electron chi connectivity index (χ1n) is 8.38. The van der Waals surface area contributed by atoms with Crippen molar-refractivity contribution in [2.75, 3.05) is 32.8 Å². The van der Waals surface area contributed by atoms with Crippen molar-refractivity contribution in [1.29, 1.82) is 0 Å². The number of urea groups is 1. The van der Waals surface area contributed by atoms with Crippen LogP contribution in [0.3, 0.4) is 0 Å². The maximum Gasteiger partial charge on any atom is 0.317 e. The number of ether oxygens (including phenoxy) is 2. The Balaban J connectivity index is 1.52. The lowest BCUT2D eigenvalue weighted by Crippen LogP contribution is -2.47. The van der Waals surface area contributed by atoms with E-state index >= 15 is 0 Å². The predicted molar refractivity (Wildman–Crippen MR) is 91.5 cm³/mol. The number of halogens is 1. The second kappa shape index (κ2) is 7.82. The van der Waals surface area contributed by atoms with E-state index in [1.54, 1.807) is 4.90 Å². The second-order valence-electron chi connectivity index (χ2n) is 6.21. The summed E-state index contributed by atoms with van der Waals surface area (Å²) in [6.07, 6.45) is 1.93. The molecule has 2 N–H and O–H groups in total. The van der Waals surface area contributed by atoms with Gasteiger partial charge < -0.3 is 24.8 Å². The van der Waals surface area contributed by atoms with Gasteiger partial charge in [-0.1, -0.05) is 11.6 Å². The van der Waals surface area contributed by atoms with E-state index in [-0.39, 0.29) is 12.6 Å². The molecule has 0 aliphatic carbocycles. The average molecular weight is 369 g/mol. The zero-order valence-electron chi connectivity index (χ0n) is 13.8. The van der Waals surface area contributed by atoms with E-state index in [2.05, 4.69) is 5.32 Å². The van der Waals surface area contributed by atoms with Crippen LogP contribution in [0.15, 0.2) is 12.1 Å². The second-order valence-corrected chi connectivity index (χ2v) is 6.61. The van der Waals surface area contributed by atoms with Crippen LogP contribution in [0.5, 0.6) is 11.5 Å². The molecule has 1 fully saturated rings. The fraction of sp³-hybridized carbons (Fsp3) is 0.529. The number of fused-ring (bicyclic) bond motifs is 1. The minimum atomic E-state index is -0.844. The molecule has 1 atom stereocenters. The summed E-state index contributed by atoms with van der Waals surface area (Å²) in [6, 6.07) is 3.45. The molecule has 7 nitrogen and oxygen atoms in total. The van der Waals surface area contributed by atoms with Crippen LogP contribution < -0.4 is 14.8 Å². The Bertz CT molecular complexity index is 667. The number of carboxylic acids is 1. The standard InChI is InChI=1S/C17H21ClN2O5/c18-13-8-11(9-14-15(13)25-7-6-24-14)3-4-19-17(23)20-5-1-2-12(10-20)16(21)22/h8-9,12H,1-7,10H2,(H,19,23)(H,21,22). The van der Waals surface area contributed by atoms with Crippen molar-refractivity contribution >= 4 is 23.6 Å². The number of hydrogen-bond acceptors (Lipinski definition) is 4. The highest BCUT2D eigenvalue weighted by molar-refractivity contribution is 6.32. The summed E-state index contributed by atoms with van der Waals surface area (Å²) in [5, 5.41) is 12.4. The van der Waals surface area contributed by atoms with E-state index in [0.29, 0.717) is 62.1 Å². The lowest BCUT2D eigenvalue weighted by Gasteiger charge is -2.30. The van der Waals surface area contributed by atoms with Gasteiger partial charge >= 0.3 is 12.0 Å². The normalized spacial score (nSPS) is 19.4. The molecular weight excluding hydrogens is 348 g/mol. The van der Waals surface area contributed by atoms with Gasteiger partial charge in [-0.05, 0) is 37.0 Å². The Hall–Kier alpha value is -2.15. The van der Waals surface area contributed by atoms with E-state index in [9.17, 15) is 9.59 Å².